The van der Waals surface area contributed by atoms with E-state index < -0.39 is 0 Å². The van der Waals surface area contributed by atoms with Gasteiger partial charge in [-0.3, -0.25) is 9.59 Å². The Morgan fingerprint density at radius 2 is 1.89 bits per heavy atom. The zero-order valence-corrected chi connectivity index (χ0v) is 16.4. The summed E-state index contributed by atoms with van der Waals surface area (Å²) in [6.45, 7) is 5.34. The van der Waals surface area contributed by atoms with E-state index in [2.05, 4.69) is 11.9 Å². The first-order valence-corrected chi connectivity index (χ1v) is 10.2. The van der Waals surface area contributed by atoms with Gasteiger partial charge in [-0.15, -0.1) is 0 Å². The molecule has 0 bridgehead atoms. The number of rotatable bonds is 2. The van der Waals surface area contributed by atoms with Crippen molar-refractivity contribution in [2.75, 3.05) is 57.9 Å². The highest BCUT2D eigenvalue weighted by atomic mass is 16.6. The van der Waals surface area contributed by atoms with E-state index >= 15 is 0 Å². The van der Waals surface area contributed by atoms with Crippen molar-refractivity contribution in [2.45, 2.75) is 19.3 Å². The van der Waals surface area contributed by atoms with Crippen LogP contribution in [0.4, 0.5) is 5.69 Å². The molecular formula is C21H27N3O4. The number of carbonyl (C=O) groups excluding carboxylic acids is 2. The number of anilines is 1. The van der Waals surface area contributed by atoms with Crippen LogP contribution in [0.25, 0.3) is 0 Å². The lowest BCUT2D eigenvalue weighted by molar-refractivity contribution is -0.135. The largest absolute Gasteiger partial charge is 0.486 e. The van der Waals surface area contributed by atoms with Crippen LogP contribution >= 0.6 is 0 Å². The number of amides is 2. The monoisotopic (exact) mass is 385 g/mol. The van der Waals surface area contributed by atoms with Crippen LogP contribution in [0.2, 0.25) is 0 Å². The van der Waals surface area contributed by atoms with Gasteiger partial charge in [0.2, 0.25) is 11.8 Å². The Kier molecular flexibility index (Phi) is 4.23. The Morgan fingerprint density at radius 1 is 1.11 bits per heavy atom. The second kappa shape index (κ2) is 6.65. The van der Waals surface area contributed by atoms with E-state index in [1.165, 1.54) is 6.42 Å². The minimum absolute atomic E-state index is 0.00420. The molecule has 0 aromatic heterocycles. The lowest BCUT2D eigenvalue weighted by Gasteiger charge is -2.25. The van der Waals surface area contributed by atoms with Gasteiger partial charge in [-0.1, -0.05) is 0 Å². The number of benzene rings is 1. The molecule has 1 spiro atoms. The van der Waals surface area contributed by atoms with Crippen molar-refractivity contribution in [3.05, 3.63) is 18.2 Å². The van der Waals surface area contributed by atoms with E-state index in [0.717, 1.165) is 38.3 Å². The minimum Gasteiger partial charge on any atom is -0.486 e. The van der Waals surface area contributed by atoms with Crippen LogP contribution in [0, 0.1) is 11.3 Å². The van der Waals surface area contributed by atoms with Crippen molar-refractivity contribution < 1.29 is 19.1 Å². The van der Waals surface area contributed by atoms with Crippen LogP contribution in [-0.2, 0) is 9.59 Å². The van der Waals surface area contributed by atoms with Gasteiger partial charge in [-0.05, 0) is 38.6 Å². The first-order chi connectivity index (χ1) is 13.5. The van der Waals surface area contributed by atoms with Crippen LogP contribution in [0.1, 0.15) is 19.3 Å². The lowest BCUT2D eigenvalue weighted by Crippen LogP contribution is -2.38. The fraction of sp³-hybridized carbons (Fsp3) is 0.619. The average Bonchev–Trinajstić information content (AvgIpc) is 3.40. The highest BCUT2D eigenvalue weighted by Gasteiger charge is 2.46. The molecule has 0 saturated carbocycles. The Labute approximate surface area is 165 Å². The molecule has 4 aliphatic rings. The number of carbonyl (C=O) groups is 2. The van der Waals surface area contributed by atoms with Gasteiger partial charge in [-0.25, -0.2) is 0 Å². The quantitative estimate of drug-likeness (QED) is 0.769. The van der Waals surface area contributed by atoms with E-state index in [9.17, 15) is 9.59 Å². The Bertz CT molecular complexity index is 813. The van der Waals surface area contributed by atoms with Gasteiger partial charge in [0.25, 0.3) is 0 Å². The molecule has 1 aromatic rings. The summed E-state index contributed by atoms with van der Waals surface area (Å²) in [6, 6.07) is 5.56. The minimum atomic E-state index is -0.255. The molecule has 3 saturated heterocycles. The van der Waals surface area contributed by atoms with Crippen LogP contribution in [0.3, 0.4) is 0 Å². The zero-order chi connectivity index (χ0) is 19.3. The van der Waals surface area contributed by atoms with Gasteiger partial charge < -0.3 is 24.2 Å². The van der Waals surface area contributed by atoms with Crippen LogP contribution in [-0.4, -0.2) is 74.6 Å². The molecule has 7 heteroatoms. The number of likely N-dealkylation sites (tertiary alicyclic amines) is 2. The fourth-order valence-electron chi connectivity index (χ4n) is 5.20. The SMILES string of the molecule is CN1CCC2(CCN(C(=O)C3CC(=O)N(c4ccc5c(c4)OCCO5)C3)C2)C1. The summed E-state index contributed by atoms with van der Waals surface area (Å²) in [5.41, 5.74) is 1.04. The third kappa shape index (κ3) is 3.02. The van der Waals surface area contributed by atoms with E-state index in [1.807, 2.05) is 23.1 Å². The summed E-state index contributed by atoms with van der Waals surface area (Å²) in [5, 5.41) is 0. The summed E-state index contributed by atoms with van der Waals surface area (Å²) in [5.74, 6) is 1.26. The van der Waals surface area contributed by atoms with Crippen molar-refractivity contribution in [1.29, 1.82) is 0 Å². The lowest BCUT2D eigenvalue weighted by atomic mass is 9.86. The van der Waals surface area contributed by atoms with Crippen molar-refractivity contribution >= 4 is 17.5 Å². The van der Waals surface area contributed by atoms with E-state index in [-0.39, 0.29) is 29.6 Å². The van der Waals surface area contributed by atoms with Crippen molar-refractivity contribution in [3.8, 4) is 11.5 Å². The molecule has 150 valence electrons. The molecule has 2 amide bonds. The fourth-order valence-corrected chi connectivity index (χ4v) is 5.20. The topological polar surface area (TPSA) is 62.3 Å². The molecule has 5 rings (SSSR count). The average molecular weight is 385 g/mol. The predicted molar refractivity (Wildman–Crippen MR) is 104 cm³/mol. The number of ether oxygens (including phenoxy) is 2. The van der Waals surface area contributed by atoms with Crippen molar-refractivity contribution in [1.82, 2.24) is 9.80 Å². The highest BCUT2D eigenvalue weighted by molar-refractivity contribution is 6.00. The summed E-state index contributed by atoms with van der Waals surface area (Å²) in [7, 11) is 2.15. The Morgan fingerprint density at radius 3 is 2.68 bits per heavy atom. The molecule has 28 heavy (non-hydrogen) atoms. The Hall–Kier alpha value is -2.28. The van der Waals surface area contributed by atoms with Gasteiger partial charge in [-0.2, -0.15) is 0 Å². The molecule has 1 aromatic carbocycles. The van der Waals surface area contributed by atoms with Crippen LogP contribution < -0.4 is 14.4 Å². The van der Waals surface area contributed by atoms with Crippen LogP contribution in [0.15, 0.2) is 18.2 Å². The predicted octanol–water partition coefficient (Wildman–Crippen LogP) is 1.36. The molecule has 0 aliphatic carbocycles. The molecule has 2 unspecified atom stereocenters. The smallest absolute Gasteiger partial charge is 0.228 e. The standard InChI is InChI=1S/C21H27N3O4/c1-22-6-4-21(13-22)5-7-23(14-21)20(26)15-10-19(25)24(12-15)16-2-3-17-18(11-16)28-9-8-27-17/h2-3,11,15H,4-10,12-14H2,1H3. The maximum atomic E-state index is 13.1. The van der Waals surface area contributed by atoms with E-state index in [1.54, 1.807) is 4.90 Å². The number of hydrogen-bond acceptors (Lipinski definition) is 5. The molecule has 3 fully saturated rings. The maximum Gasteiger partial charge on any atom is 0.228 e. The summed E-state index contributed by atoms with van der Waals surface area (Å²) < 4.78 is 11.2. The van der Waals surface area contributed by atoms with Gasteiger partial charge in [0.05, 0.1) is 5.92 Å². The summed E-state index contributed by atoms with van der Waals surface area (Å²) in [4.78, 5) is 31.8. The first-order valence-electron chi connectivity index (χ1n) is 10.2. The summed E-state index contributed by atoms with van der Waals surface area (Å²) in [6.07, 6.45) is 2.53. The normalized spacial score (nSPS) is 29.9. The van der Waals surface area contributed by atoms with Crippen molar-refractivity contribution in [3.63, 3.8) is 0 Å². The van der Waals surface area contributed by atoms with Gasteiger partial charge in [0, 0.05) is 49.8 Å². The first kappa shape index (κ1) is 17.8. The number of hydrogen-bond donors (Lipinski definition) is 0. The van der Waals surface area contributed by atoms with Gasteiger partial charge >= 0.3 is 0 Å². The summed E-state index contributed by atoms with van der Waals surface area (Å²) >= 11 is 0. The molecule has 2 atom stereocenters. The van der Waals surface area contributed by atoms with Gasteiger partial charge in [0.1, 0.15) is 13.2 Å². The molecule has 4 aliphatic heterocycles. The Balaban J connectivity index is 1.27. The van der Waals surface area contributed by atoms with E-state index in [0.29, 0.717) is 31.3 Å². The number of fused-ring (bicyclic) bond motifs is 1. The molecule has 7 nitrogen and oxygen atoms in total. The molecular weight excluding hydrogens is 358 g/mol. The third-order valence-electron chi connectivity index (χ3n) is 6.69. The van der Waals surface area contributed by atoms with Gasteiger partial charge in [0.15, 0.2) is 11.5 Å². The molecule has 4 heterocycles. The molecule has 0 radical (unpaired) electrons. The second-order valence-electron chi connectivity index (χ2n) is 8.73. The molecule has 0 N–H and O–H groups in total. The maximum absolute atomic E-state index is 13.1. The van der Waals surface area contributed by atoms with E-state index in [4.69, 9.17) is 9.47 Å². The second-order valence-corrected chi connectivity index (χ2v) is 8.73. The number of nitrogens with zero attached hydrogens (tertiary/aromatic N) is 3. The van der Waals surface area contributed by atoms with Crippen LogP contribution in [0.5, 0.6) is 11.5 Å². The van der Waals surface area contributed by atoms with Crippen molar-refractivity contribution in [2.24, 2.45) is 11.3 Å². The zero-order valence-electron chi connectivity index (χ0n) is 16.4. The highest BCUT2D eigenvalue weighted by Crippen LogP contribution is 2.40. The third-order valence-corrected chi connectivity index (χ3v) is 6.69.